The topological polar surface area (TPSA) is 48.4 Å². The Labute approximate surface area is 109 Å². The van der Waals surface area contributed by atoms with Crippen LogP contribution in [0.5, 0.6) is 5.88 Å². The Kier molecular flexibility index (Phi) is 2.31. The molecule has 0 amide bonds. The van der Waals surface area contributed by atoms with Crippen molar-refractivity contribution in [2.75, 3.05) is 0 Å². The molecule has 2 aromatic rings. The lowest BCUT2D eigenvalue weighted by atomic mass is 10.0. The van der Waals surface area contributed by atoms with Crippen molar-refractivity contribution < 1.29 is 5.11 Å². The molecule has 3 rings (SSSR count). The van der Waals surface area contributed by atoms with E-state index in [1.807, 2.05) is 31.2 Å². The smallest absolute Gasteiger partial charge is 0.198 e. The minimum Gasteiger partial charge on any atom is -0.494 e. The van der Waals surface area contributed by atoms with Gasteiger partial charge >= 0.3 is 0 Å². The molecule has 90 valence electrons. The van der Waals surface area contributed by atoms with Crippen LogP contribution in [-0.2, 0) is 0 Å². The van der Waals surface area contributed by atoms with Gasteiger partial charge in [-0.15, -0.1) is 0 Å². The summed E-state index contributed by atoms with van der Waals surface area (Å²) in [7, 11) is 0. The van der Waals surface area contributed by atoms with E-state index in [1.54, 1.807) is 0 Å². The average molecular weight is 259 g/mol. The van der Waals surface area contributed by atoms with Crippen molar-refractivity contribution >= 4 is 23.0 Å². The molecule has 2 heterocycles. The zero-order valence-electron chi connectivity index (χ0n) is 9.79. The van der Waals surface area contributed by atoms with Gasteiger partial charge < -0.3 is 10.1 Å². The van der Waals surface area contributed by atoms with E-state index >= 15 is 0 Å². The lowest BCUT2D eigenvalue weighted by Gasteiger charge is -2.02. The molecule has 0 bridgehead atoms. The highest BCUT2D eigenvalue weighted by Crippen LogP contribution is 2.40. The number of fused-ring (bicyclic) bond motifs is 1. The summed E-state index contributed by atoms with van der Waals surface area (Å²) in [6.45, 7) is 5.78. The molecule has 1 aromatic carbocycles. The maximum Gasteiger partial charge on any atom is 0.198 e. The van der Waals surface area contributed by atoms with Gasteiger partial charge in [0, 0.05) is 10.6 Å². The Morgan fingerprint density at radius 3 is 2.56 bits per heavy atom. The van der Waals surface area contributed by atoms with E-state index in [0.29, 0.717) is 10.7 Å². The molecule has 2 N–H and O–H groups in total. The van der Waals surface area contributed by atoms with Crippen molar-refractivity contribution in [1.29, 1.82) is 0 Å². The summed E-state index contributed by atoms with van der Waals surface area (Å²) in [5, 5.41) is 10.6. The summed E-state index contributed by atoms with van der Waals surface area (Å²) in [4.78, 5) is 7.28. The number of aromatic amines is 1. The molecule has 0 unspecified atom stereocenters. The van der Waals surface area contributed by atoms with Crippen LogP contribution in [0.25, 0.3) is 17.0 Å². The quantitative estimate of drug-likeness (QED) is 0.802. The number of nitrogens with one attached hydrogen (secondary N) is 1. The summed E-state index contributed by atoms with van der Waals surface area (Å²) in [5.41, 5.74) is 4.83. The van der Waals surface area contributed by atoms with E-state index in [4.69, 9.17) is 11.6 Å². The first-order valence-corrected chi connectivity index (χ1v) is 5.91. The zero-order valence-corrected chi connectivity index (χ0v) is 10.5. The molecular weight excluding hydrogens is 248 g/mol. The van der Waals surface area contributed by atoms with Crippen LogP contribution in [0, 0.1) is 0 Å². The summed E-state index contributed by atoms with van der Waals surface area (Å²) >= 11 is 5.87. The second kappa shape index (κ2) is 3.75. The third-order valence-electron chi connectivity index (χ3n) is 3.07. The van der Waals surface area contributed by atoms with E-state index < -0.39 is 0 Å². The highest BCUT2D eigenvalue weighted by atomic mass is 35.5. The number of hydrogen-bond donors (Lipinski definition) is 2. The monoisotopic (exact) mass is 258 g/mol. The largest absolute Gasteiger partial charge is 0.494 e. The molecule has 3 nitrogen and oxygen atoms in total. The van der Waals surface area contributed by atoms with Crippen LogP contribution >= 0.6 is 11.6 Å². The normalized spacial score (nSPS) is 13.7. The molecular formula is C14H11ClN2O. The van der Waals surface area contributed by atoms with Crippen LogP contribution in [0.2, 0.25) is 5.02 Å². The molecule has 0 fully saturated rings. The van der Waals surface area contributed by atoms with Crippen molar-refractivity contribution in [3.05, 3.63) is 47.0 Å². The van der Waals surface area contributed by atoms with Crippen molar-refractivity contribution in [3.63, 3.8) is 0 Å². The molecule has 1 aliphatic rings. The molecule has 1 aliphatic heterocycles. The van der Waals surface area contributed by atoms with Crippen LogP contribution in [0.4, 0.5) is 0 Å². The molecule has 1 aromatic heterocycles. The van der Waals surface area contributed by atoms with Crippen molar-refractivity contribution in [1.82, 2.24) is 4.98 Å². The standard InChI is InChI=1S/C14H11ClN2O/c1-7-11-12(8(2)16-7)14(18)17-13(11)9-3-5-10(15)6-4-9/h3-6,17-18H,1H2,2H3. The maximum absolute atomic E-state index is 9.95. The molecule has 18 heavy (non-hydrogen) atoms. The van der Waals surface area contributed by atoms with E-state index in [9.17, 15) is 5.11 Å². The Bertz CT molecular complexity index is 681. The highest BCUT2D eigenvalue weighted by Gasteiger charge is 2.26. The lowest BCUT2D eigenvalue weighted by Crippen LogP contribution is -1.87. The van der Waals surface area contributed by atoms with Gasteiger partial charge in [-0.3, -0.25) is 4.99 Å². The molecule has 0 aliphatic carbocycles. The van der Waals surface area contributed by atoms with Gasteiger partial charge in [-0.2, -0.15) is 0 Å². The summed E-state index contributed by atoms with van der Waals surface area (Å²) in [6, 6.07) is 7.42. The summed E-state index contributed by atoms with van der Waals surface area (Å²) < 4.78 is 0. The first-order valence-electron chi connectivity index (χ1n) is 5.53. The molecule has 4 heteroatoms. The SMILES string of the molecule is C=C1N=C(C)c2c(O)[nH]c(-c3ccc(Cl)cc3)c21. The zero-order chi connectivity index (χ0) is 12.9. The van der Waals surface area contributed by atoms with E-state index in [-0.39, 0.29) is 5.88 Å². The van der Waals surface area contributed by atoms with Crippen LogP contribution in [0.3, 0.4) is 0 Å². The van der Waals surface area contributed by atoms with Gasteiger partial charge in [0.05, 0.1) is 22.7 Å². The van der Waals surface area contributed by atoms with Gasteiger partial charge in [0.1, 0.15) is 0 Å². The van der Waals surface area contributed by atoms with Gasteiger partial charge in [-0.25, -0.2) is 0 Å². The Morgan fingerprint density at radius 1 is 1.22 bits per heavy atom. The van der Waals surface area contributed by atoms with Crippen LogP contribution in [-0.4, -0.2) is 15.8 Å². The fourth-order valence-corrected chi connectivity index (χ4v) is 2.40. The summed E-state index contributed by atoms with van der Waals surface area (Å²) in [5.74, 6) is 0.134. The average Bonchev–Trinajstić information content (AvgIpc) is 2.81. The van der Waals surface area contributed by atoms with Crippen LogP contribution in [0.1, 0.15) is 18.1 Å². The molecule has 0 saturated carbocycles. The lowest BCUT2D eigenvalue weighted by molar-refractivity contribution is 0.456. The van der Waals surface area contributed by atoms with Gasteiger partial charge in [-0.05, 0) is 24.6 Å². The third-order valence-corrected chi connectivity index (χ3v) is 3.32. The Balaban J connectivity index is 2.22. The predicted molar refractivity (Wildman–Crippen MR) is 74.1 cm³/mol. The predicted octanol–water partition coefficient (Wildman–Crippen LogP) is 3.83. The third kappa shape index (κ3) is 1.48. The first kappa shape index (κ1) is 11.1. The Hall–Kier alpha value is -2.00. The fraction of sp³-hybridized carbons (Fsp3) is 0.0714. The maximum atomic E-state index is 9.95. The number of hydrogen-bond acceptors (Lipinski definition) is 2. The molecule has 0 spiro atoms. The number of nitrogens with zero attached hydrogens (tertiary/aromatic N) is 1. The fourth-order valence-electron chi connectivity index (χ4n) is 2.27. The second-order valence-electron chi connectivity index (χ2n) is 4.25. The van der Waals surface area contributed by atoms with E-state index in [1.165, 1.54) is 0 Å². The van der Waals surface area contributed by atoms with Crippen molar-refractivity contribution in [3.8, 4) is 17.1 Å². The van der Waals surface area contributed by atoms with Crippen molar-refractivity contribution in [2.24, 2.45) is 4.99 Å². The number of H-pyrrole nitrogens is 1. The number of halogens is 1. The number of aliphatic imine (C=N–C) groups is 1. The number of aromatic nitrogens is 1. The number of rotatable bonds is 1. The van der Waals surface area contributed by atoms with Crippen molar-refractivity contribution in [2.45, 2.75) is 6.92 Å². The van der Waals surface area contributed by atoms with Gasteiger partial charge in [0.15, 0.2) is 5.88 Å². The molecule has 0 radical (unpaired) electrons. The number of aromatic hydroxyl groups is 1. The first-order chi connectivity index (χ1) is 8.58. The van der Waals surface area contributed by atoms with E-state index in [0.717, 1.165) is 28.1 Å². The van der Waals surface area contributed by atoms with Crippen LogP contribution in [0.15, 0.2) is 35.8 Å². The molecule has 0 saturated heterocycles. The van der Waals surface area contributed by atoms with E-state index in [2.05, 4.69) is 16.6 Å². The minimum atomic E-state index is 0.134. The molecule has 0 atom stereocenters. The second-order valence-corrected chi connectivity index (χ2v) is 4.69. The van der Waals surface area contributed by atoms with Gasteiger partial charge in [0.2, 0.25) is 0 Å². The number of benzene rings is 1. The summed E-state index contributed by atoms with van der Waals surface area (Å²) in [6.07, 6.45) is 0. The van der Waals surface area contributed by atoms with Crippen LogP contribution < -0.4 is 0 Å². The Morgan fingerprint density at radius 2 is 1.89 bits per heavy atom. The minimum absolute atomic E-state index is 0.134. The van der Waals surface area contributed by atoms with Gasteiger partial charge in [0.25, 0.3) is 0 Å². The highest BCUT2D eigenvalue weighted by molar-refractivity contribution is 6.30. The van der Waals surface area contributed by atoms with Gasteiger partial charge in [-0.1, -0.05) is 30.3 Å².